The number of anilines is 1. The second kappa shape index (κ2) is 6.43. The maximum atomic E-state index is 11.6. The fourth-order valence-corrected chi connectivity index (χ4v) is 1.38. The van der Waals surface area contributed by atoms with Crippen LogP contribution in [0.25, 0.3) is 0 Å². The van der Waals surface area contributed by atoms with Crippen LogP contribution in [0.4, 0.5) is 10.5 Å². The number of nitrogens with one attached hydrogen (secondary N) is 1. The minimum Gasteiger partial charge on any atom is -0.446 e. The van der Waals surface area contributed by atoms with E-state index in [9.17, 15) is 9.59 Å². The Morgan fingerprint density at radius 3 is 2.58 bits per heavy atom. The number of amides is 1. The van der Waals surface area contributed by atoms with Crippen molar-refractivity contribution < 1.29 is 19.1 Å². The average molecular weight is 286 g/mol. The standard InChI is InChI=1S/C13H16ClNO4/c1-13(2,3)19-12(17)15-10-6-4-5-9(7-10)11(16)18-8-14/h4-7H,8H2,1-3H3,(H,15,17). The van der Waals surface area contributed by atoms with E-state index in [0.29, 0.717) is 11.3 Å². The number of hydrogen-bond acceptors (Lipinski definition) is 4. The van der Waals surface area contributed by atoms with Gasteiger partial charge in [0.1, 0.15) is 5.60 Å². The number of rotatable bonds is 3. The van der Waals surface area contributed by atoms with Gasteiger partial charge in [-0.15, -0.1) is 0 Å². The van der Waals surface area contributed by atoms with Gasteiger partial charge < -0.3 is 9.47 Å². The molecule has 1 amide bonds. The van der Waals surface area contributed by atoms with Crippen molar-refractivity contribution in [3.8, 4) is 0 Å². The first-order valence-corrected chi connectivity index (χ1v) is 6.18. The fraction of sp³-hybridized carbons (Fsp3) is 0.385. The third-order valence-electron chi connectivity index (χ3n) is 1.93. The molecule has 0 atom stereocenters. The first-order valence-electron chi connectivity index (χ1n) is 5.65. The summed E-state index contributed by atoms with van der Waals surface area (Å²) in [7, 11) is 0. The molecular formula is C13H16ClNO4. The summed E-state index contributed by atoms with van der Waals surface area (Å²) in [6, 6.07) is 6.09. The van der Waals surface area contributed by atoms with Gasteiger partial charge >= 0.3 is 12.1 Å². The van der Waals surface area contributed by atoms with Crippen molar-refractivity contribution >= 4 is 29.4 Å². The highest BCUT2D eigenvalue weighted by Crippen LogP contribution is 2.14. The Morgan fingerprint density at radius 2 is 2.00 bits per heavy atom. The van der Waals surface area contributed by atoms with Crippen molar-refractivity contribution in [1.82, 2.24) is 0 Å². The lowest BCUT2D eigenvalue weighted by atomic mass is 10.2. The van der Waals surface area contributed by atoms with Crippen LogP contribution in [-0.2, 0) is 9.47 Å². The molecular weight excluding hydrogens is 270 g/mol. The van der Waals surface area contributed by atoms with E-state index in [2.05, 4.69) is 10.1 Å². The summed E-state index contributed by atoms with van der Waals surface area (Å²) >= 11 is 5.31. The number of benzene rings is 1. The second-order valence-electron chi connectivity index (χ2n) is 4.75. The van der Waals surface area contributed by atoms with Gasteiger partial charge in [-0.3, -0.25) is 5.32 Å². The number of carbonyl (C=O) groups is 2. The predicted octanol–water partition coefficient (Wildman–Crippen LogP) is 3.39. The van der Waals surface area contributed by atoms with E-state index in [1.54, 1.807) is 39.0 Å². The predicted molar refractivity (Wildman–Crippen MR) is 72.4 cm³/mol. The molecule has 1 aromatic carbocycles. The summed E-state index contributed by atoms with van der Waals surface area (Å²) in [4.78, 5) is 23.0. The third kappa shape index (κ3) is 5.61. The molecule has 0 aromatic heterocycles. The molecule has 0 spiro atoms. The Morgan fingerprint density at radius 1 is 1.32 bits per heavy atom. The Bertz CT molecular complexity index is 468. The van der Waals surface area contributed by atoms with Crippen molar-refractivity contribution in [2.24, 2.45) is 0 Å². The zero-order valence-electron chi connectivity index (χ0n) is 11.0. The molecule has 0 aliphatic heterocycles. The van der Waals surface area contributed by atoms with E-state index in [-0.39, 0.29) is 6.07 Å². The molecule has 0 aliphatic carbocycles. The van der Waals surface area contributed by atoms with Crippen LogP contribution < -0.4 is 5.32 Å². The highest BCUT2D eigenvalue weighted by Gasteiger charge is 2.16. The lowest BCUT2D eigenvalue weighted by molar-refractivity contribution is 0.0571. The number of alkyl halides is 1. The van der Waals surface area contributed by atoms with Gasteiger partial charge in [-0.05, 0) is 39.0 Å². The van der Waals surface area contributed by atoms with Crippen molar-refractivity contribution in [1.29, 1.82) is 0 Å². The van der Waals surface area contributed by atoms with E-state index in [1.165, 1.54) is 6.07 Å². The Labute approximate surface area is 116 Å². The van der Waals surface area contributed by atoms with E-state index < -0.39 is 17.7 Å². The van der Waals surface area contributed by atoms with Gasteiger partial charge in [0, 0.05) is 5.69 Å². The monoisotopic (exact) mass is 285 g/mol. The van der Waals surface area contributed by atoms with Gasteiger partial charge in [0.15, 0.2) is 6.07 Å². The summed E-state index contributed by atoms with van der Waals surface area (Å²) in [5, 5.41) is 2.53. The van der Waals surface area contributed by atoms with Crippen LogP contribution in [0.5, 0.6) is 0 Å². The molecule has 0 unspecified atom stereocenters. The molecule has 0 fully saturated rings. The Hall–Kier alpha value is -1.75. The number of ether oxygens (including phenoxy) is 2. The summed E-state index contributed by atoms with van der Waals surface area (Å²) in [5.41, 5.74) is 0.159. The van der Waals surface area contributed by atoms with E-state index in [4.69, 9.17) is 16.3 Å². The van der Waals surface area contributed by atoms with Crippen LogP contribution in [0.15, 0.2) is 24.3 Å². The van der Waals surface area contributed by atoms with E-state index in [0.717, 1.165) is 0 Å². The molecule has 5 nitrogen and oxygen atoms in total. The molecule has 6 heteroatoms. The molecule has 0 aliphatic rings. The highest BCUT2D eigenvalue weighted by molar-refractivity contribution is 6.17. The molecule has 0 bridgehead atoms. The number of esters is 1. The number of hydrogen-bond donors (Lipinski definition) is 1. The van der Waals surface area contributed by atoms with Crippen LogP contribution in [0.3, 0.4) is 0 Å². The van der Waals surface area contributed by atoms with Crippen molar-refractivity contribution in [2.45, 2.75) is 26.4 Å². The fourth-order valence-electron chi connectivity index (χ4n) is 1.28. The summed E-state index contributed by atoms with van der Waals surface area (Å²) < 4.78 is 9.75. The normalized spacial score (nSPS) is 10.7. The number of halogens is 1. The lowest BCUT2D eigenvalue weighted by Crippen LogP contribution is -2.27. The zero-order valence-corrected chi connectivity index (χ0v) is 11.8. The molecule has 104 valence electrons. The highest BCUT2D eigenvalue weighted by atomic mass is 35.5. The largest absolute Gasteiger partial charge is 0.446 e. The van der Waals surface area contributed by atoms with Gasteiger partial charge in [-0.1, -0.05) is 17.7 Å². The van der Waals surface area contributed by atoms with Gasteiger partial charge in [0.05, 0.1) is 5.56 Å². The molecule has 19 heavy (non-hydrogen) atoms. The SMILES string of the molecule is CC(C)(C)OC(=O)Nc1cccc(C(=O)OCCl)c1. The molecule has 0 radical (unpaired) electrons. The third-order valence-corrected chi connectivity index (χ3v) is 2.04. The van der Waals surface area contributed by atoms with Crippen molar-refractivity contribution in [2.75, 3.05) is 11.4 Å². The maximum Gasteiger partial charge on any atom is 0.412 e. The van der Waals surface area contributed by atoms with Crippen molar-refractivity contribution in [3.63, 3.8) is 0 Å². The van der Waals surface area contributed by atoms with E-state index in [1.807, 2.05) is 0 Å². The summed E-state index contributed by atoms with van der Waals surface area (Å²) in [5.74, 6) is -0.553. The molecule has 0 saturated heterocycles. The summed E-state index contributed by atoms with van der Waals surface area (Å²) in [6.07, 6.45) is -0.588. The van der Waals surface area contributed by atoms with Crippen LogP contribution >= 0.6 is 11.6 Å². The van der Waals surface area contributed by atoms with Crippen LogP contribution in [0.1, 0.15) is 31.1 Å². The Kier molecular flexibility index (Phi) is 5.18. The minimum absolute atomic E-state index is 0.220. The zero-order chi connectivity index (χ0) is 14.5. The van der Waals surface area contributed by atoms with Gasteiger partial charge in [-0.2, -0.15) is 0 Å². The van der Waals surface area contributed by atoms with Crippen LogP contribution in [-0.4, -0.2) is 23.7 Å². The quantitative estimate of drug-likeness (QED) is 0.683. The first-order chi connectivity index (χ1) is 8.81. The van der Waals surface area contributed by atoms with Gasteiger partial charge in [-0.25, -0.2) is 9.59 Å². The Balaban J connectivity index is 2.72. The van der Waals surface area contributed by atoms with E-state index >= 15 is 0 Å². The van der Waals surface area contributed by atoms with Gasteiger partial charge in [0.25, 0.3) is 0 Å². The maximum absolute atomic E-state index is 11.6. The van der Waals surface area contributed by atoms with Crippen molar-refractivity contribution in [3.05, 3.63) is 29.8 Å². The molecule has 1 rings (SSSR count). The number of carbonyl (C=O) groups excluding carboxylic acids is 2. The first kappa shape index (κ1) is 15.3. The smallest absolute Gasteiger partial charge is 0.412 e. The lowest BCUT2D eigenvalue weighted by Gasteiger charge is -2.19. The second-order valence-corrected chi connectivity index (χ2v) is 4.97. The molecule has 1 N–H and O–H groups in total. The molecule has 1 aromatic rings. The molecule has 0 saturated carbocycles. The van der Waals surface area contributed by atoms with Crippen LogP contribution in [0.2, 0.25) is 0 Å². The average Bonchev–Trinajstić information content (AvgIpc) is 2.27. The minimum atomic E-state index is -0.588. The topological polar surface area (TPSA) is 64.6 Å². The van der Waals surface area contributed by atoms with Crippen LogP contribution in [0, 0.1) is 0 Å². The van der Waals surface area contributed by atoms with Gasteiger partial charge in [0.2, 0.25) is 0 Å². The summed E-state index contributed by atoms with van der Waals surface area (Å²) in [6.45, 7) is 5.29. The molecule has 0 heterocycles.